The molecule has 136 valence electrons. The predicted molar refractivity (Wildman–Crippen MR) is 99.2 cm³/mol. The molecule has 0 atom stereocenters. The average Bonchev–Trinajstić information content (AvgIpc) is 2.64. The lowest BCUT2D eigenvalue weighted by Crippen LogP contribution is -2.40. The van der Waals surface area contributed by atoms with Crippen molar-refractivity contribution in [1.82, 2.24) is 9.80 Å². The molecule has 1 aromatic rings. The maximum absolute atomic E-state index is 12.4. The number of anilines is 1. The molecule has 5 nitrogen and oxygen atoms in total. The normalized spacial score (nSPS) is 19.6. The van der Waals surface area contributed by atoms with Crippen LogP contribution in [0.3, 0.4) is 0 Å². The zero-order valence-corrected chi connectivity index (χ0v) is 15.2. The van der Waals surface area contributed by atoms with Crippen molar-refractivity contribution in [3.63, 3.8) is 0 Å². The largest absolute Gasteiger partial charge is 0.343 e. The molecule has 0 bridgehead atoms. The summed E-state index contributed by atoms with van der Waals surface area (Å²) in [7, 11) is 0. The molecule has 2 aliphatic rings. The second kappa shape index (κ2) is 8.48. The molecule has 1 aromatic carbocycles. The van der Waals surface area contributed by atoms with E-state index >= 15 is 0 Å². The molecule has 0 saturated carbocycles. The van der Waals surface area contributed by atoms with Crippen molar-refractivity contribution in [2.45, 2.75) is 45.6 Å². The Kier molecular flexibility index (Phi) is 6.08. The van der Waals surface area contributed by atoms with Crippen LogP contribution in [0, 0.1) is 5.92 Å². The maximum Gasteiger partial charge on any atom is 0.227 e. The third-order valence-electron chi connectivity index (χ3n) is 5.39. The van der Waals surface area contributed by atoms with Crippen LogP contribution in [0.4, 0.5) is 5.69 Å². The lowest BCUT2D eigenvalue weighted by atomic mass is 9.96. The van der Waals surface area contributed by atoms with E-state index in [-0.39, 0.29) is 17.7 Å². The molecule has 0 aliphatic carbocycles. The number of nitrogens with one attached hydrogen (secondary N) is 1. The van der Waals surface area contributed by atoms with Crippen molar-refractivity contribution in [1.29, 1.82) is 0 Å². The van der Waals surface area contributed by atoms with Gasteiger partial charge in [0.1, 0.15) is 0 Å². The number of hydrogen-bond donors (Lipinski definition) is 1. The maximum atomic E-state index is 12.4. The second-order valence-corrected chi connectivity index (χ2v) is 7.30. The minimum Gasteiger partial charge on any atom is -0.343 e. The first-order chi connectivity index (χ1) is 12.1. The Morgan fingerprint density at radius 2 is 1.64 bits per heavy atom. The fraction of sp³-hybridized carbons (Fsp3) is 0.600. The summed E-state index contributed by atoms with van der Waals surface area (Å²) in [5.41, 5.74) is 2.16. The highest BCUT2D eigenvalue weighted by Gasteiger charge is 2.26. The Labute approximate surface area is 150 Å². The Morgan fingerprint density at radius 1 is 1.00 bits per heavy atom. The monoisotopic (exact) mass is 343 g/mol. The predicted octanol–water partition coefficient (Wildman–Crippen LogP) is 2.87. The summed E-state index contributed by atoms with van der Waals surface area (Å²) in [5.74, 6) is 0.179. The van der Waals surface area contributed by atoms with E-state index in [1.54, 1.807) is 6.92 Å². The van der Waals surface area contributed by atoms with E-state index in [2.05, 4.69) is 22.3 Å². The highest BCUT2D eigenvalue weighted by atomic mass is 16.2. The van der Waals surface area contributed by atoms with Crippen LogP contribution < -0.4 is 5.32 Å². The quantitative estimate of drug-likeness (QED) is 0.915. The van der Waals surface area contributed by atoms with Crippen molar-refractivity contribution >= 4 is 17.5 Å². The van der Waals surface area contributed by atoms with Crippen LogP contribution in [0.5, 0.6) is 0 Å². The van der Waals surface area contributed by atoms with Crippen LogP contribution >= 0.6 is 0 Å². The van der Waals surface area contributed by atoms with Crippen molar-refractivity contribution in [3.8, 4) is 0 Å². The number of hydrogen-bond acceptors (Lipinski definition) is 3. The zero-order chi connectivity index (χ0) is 17.6. The lowest BCUT2D eigenvalue weighted by molar-refractivity contribution is -0.132. The standard InChI is InChI=1S/C20H29N3O2/c1-16(24)23-13-9-18(10-14-23)20(25)21-19-7-5-17(6-8-19)15-22-11-3-2-4-12-22/h5-8,18H,2-4,9-15H2,1H3,(H,21,25). The number of nitrogens with zero attached hydrogens (tertiary/aromatic N) is 2. The molecule has 5 heteroatoms. The van der Waals surface area contributed by atoms with Crippen molar-refractivity contribution in [2.24, 2.45) is 5.92 Å². The molecule has 3 rings (SSSR count). The number of benzene rings is 1. The summed E-state index contributed by atoms with van der Waals surface area (Å²) in [6.07, 6.45) is 5.46. The van der Waals surface area contributed by atoms with Crippen LogP contribution in [0.15, 0.2) is 24.3 Å². The molecular formula is C20H29N3O2. The van der Waals surface area contributed by atoms with Crippen LogP contribution in [0.2, 0.25) is 0 Å². The van der Waals surface area contributed by atoms with Gasteiger partial charge in [-0.1, -0.05) is 18.6 Å². The topological polar surface area (TPSA) is 52.7 Å². The fourth-order valence-electron chi connectivity index (χ4n) is 3.77. The van der Waals surface area contributed by atoms with Gasteiger partial charge < -0.3 is 10.2 Å². The molecule has 2 aliphatic heterocycles. The molecule has 1 N–H and O–H groups in total. The van der Waals surface area contributed by atoms with Gasteiger partial charge in [0.2, 0.25) is 11.8 Å². The Bertz CT molecular complexity index is 585. The molecule has 2 fully saturated rings. The Balaban J connectivity index is 1.47. The van der Waals surface area contributed by atoms with Gasteiger partial charge in [-0.2, -0.15) is 0 Å². The van der Waals surface area contributed by atoms with E-state index in [0.29, 0.717) is 13.1 Å². The zero-order valence-electron chi connectivity index (χ0n) is 15.2. The summed E-state index contributed by atoms with van der Waals surface area (Å²) < 4.78 is 0. The van der Waals surface area contributed by atoms with Gasteiger partial charge in [-0.05, 0) is 56.5 Å². The number of piperidine rings is 2. The first kappa shape index (κ1) is 17.9. The number of carbonyl (C=O) groups is 2. The highest BCUT2D eigenvalue weighted by molar-refractivity contribution is 5.92. The Morgan fingerprint density at radius 3 is 2.24 bits per heavy atom. The van der Waals surface area contributed by atoms with Gasteiger partial charge in [0.05, 0.1) is 0 Å². The minimum absolute atomic E-state index is 0.00336. The molecule has 0 radical (unpaired) electrons. The summed E-state index contributed by atoms with van der Waals surface area (Å²) in [5, 5.41) is 3.03. The highest BCUT2D eigenvalue weighted by Crippen LogP contribution is 2.20. The molecule has 0 unspecified atom stereocenters. The summed E-state index contributed by atoms with van der Waals surface area (Å²) in [6, 6.07) is 8.23. The van der Waals surface area contributed by atoms with Crippen molar-refractivity contribution in [3.05, 3.63) is 29.8 Å². The first-order valence-electron chi connectivity index (χ1n) is 9.49. The van der Waals surface area contributed by atoms with Gasteiger partial charge in [-0.3, -0.25) is 14.5 Å². The number of likely N-dealkylation sites (tertiary alicyclic amines) is 2. The van der Waals surface area contributed by atoms with Gasteiger partial charge in [0.25, 0.3) is 0 Å². The van der Waals surface area contributed by atoms with Crippen LogP contribution in [-0.2, 0) is 16.1 Å². The van der Waals surface area contributed by atoms with Crippen molar-refractivity contribution < 1.29 is 9.59 Å². The van der Waals surface area contributed by atoms with Crippen molar-refractivity contribution in [2.75, 3.05) is 31.5 Å². The summed E-state index contributed by atoms with van der Waals surface area (Å²) in [6.45, 7) is 6.34. The van der Waals surface area contributed by atoms with E-state index in [1.165, 1.54) is 37.9 Å². The van der Waals surface area contributed by atoms with Gasteiger partial charge in [0.15, 0.2) is 0 Å². The summed E-state index contributed by atoms with van der Waals surface area (Å²) >= 11 is 0. The van der Waals surface area contributed by atoms with Gasteiger partial charge in [-0.25, -0.2) is 0 Å². The fourth-order valence-corrected chi connectivity index (χ4v) is 3.77. The van der Waals surface area contributed by atoms with Gasteiger partial charge in [0, 0.05) is 38.2 Å². The molecule has 0 aromatic heterocycles. The molecule has 2 amide bonds. The third-order valence-corrected chi connectivity index (χ3v) is 5.39. The van der Waals surface area contributed by atoms with Gasteiger partial charge in [-0.15, -0.1) is 0 Å². The SMILES string of the molecule is CC(=O)N1CCC(C(=O)Nc2ccc(CN3CCCCC3)cc2)CC1. The molecule has 2 saturated heterocycles. The molecule has 0 spiro atoms. The van der Waals surface area contributed by atoms with Crippen LogP contribution in [-0.4, -0.2) is 47.8 Å². The molecule has 2 heterocycles. The van der Waals surface area contributed by atoms with E-state index in [0.717, 1.165) is 25.1 Å². The first-order valence-corrected chi connectivity index (χ1v) is 9.49. The summed E-state index contributed by atoms with van der Waals surface area (Å²) in [4.78, 5) is 28.1. The second-order valence-electron chi connectivity index (χ2n) is 7.30. The molecular weight excluding hydrogens is 314 g/mol. The van der Waals surface area contributed by atoms with E-state index in [9.17, 15) is 9.59 Å². The molecule has 25 heavy (non-hydrogen) atoms. The number of amides is 2. The number of rotatable bonds is 4. The van der Waals surface area contributed by atoms with E-state index in [1.807, 2.05) is 17.0 Å². The van der Waals surface area contributed by atoms with Crippen LogP contribution in [0.25, 0.3) is 0 Å². The average molecular weight is 343 g/mol. The smallest absolute Gasteiger partial charge is 0.227 e. The number of carbonyl (C=O) groups excluding carboxylic acids is 2. The van der Waals surface area contributed by atoms with E-state index in [4.69, 9.17) is 0 Å². The third kappa shape index (κ3) is 5.05. The Hall–Kier alpha value is -1.88. The van der Waals surface area contributed by atoms with Crippen LogP contribution in [0.1, 0.15) is 44.6 Å². The minimum atomic E-state index is 0.00336. The van der Waals surface area contributed by atoms with E-state index < -0.39 is 0 Å². The van der Waals surface area contributed by atoms with Gasteiger partial charge >= 0.3 is 0 Å². The lowest BCUT2D eigenvalue weighted by Gasteiger charge is -2.30.